The molecule has 2 aromatic rings. The molecule has 0 bridgehead atoms. The third kappa shape index (κ3) is 4.81. The Hall–Kier alpha value is -3.42. The van der Waals surface area contributed by atoms with E-state index < -0.39 is 4.92 Å². The van der Waals surface area contributed by atoms with E-state index in [0.717, 1.165) is 5.69 Å². The lowest BCUT2D eigenvalue weighted by Crippen LogP contribution is -2.43. The van der Waals surface area contributed by atoms with Gasteiger partial charge < -0.3 is 15.5 Å². The highest BCUT2D eigenvalue weighted by Gasteiger charge is 2.27. The Morgan fingerprint density at radius 1 is 0.926 bits per heavy atom. The second-order valence-corrected chi connectivity index (χ2v) is 6.35. The van der Waals surface area contributed by atoms with Crippen molar-refractivity contribution in [2.75, 3.05) is 23.7 Å². The van der Waals surface area contributed by atoms with Crippen LogP contribution in [-0.4, -0.2) is 34.9 Å². The van der Waals surface area contributed by atoms with Crippen LogP contribution < -0.4 is 10.6 Å². The molecular weight excluding hydrogens is 348 g/mol. The fraction of sp³-hybridized carbons (Fsp3) is 0.263. The van der Waals surface area contributed by atoms with Crippen LogP contribution in [0.2, 0.25) is 0 Å². The number of nitrogens with one attached hydrogen (secondary N) is 2. The van der Waals surface area contributed by atoms with Crippen LogP contribution in [0.1, 0.15) is 12.8 Å². The quantitative estimate of drug-likeness (QED) is 0.637. The van der Waals surface area contributed by atoms with Crippen molar-refractivity contribution >= 4 is 29.0 Å². The Kier molecular flexibility index (Phi) is 5.65. The molecule has 1 fully saturated rings. The molecule has 0 radical (unpaired) electrons. The molecule has 2 N–H and O–H groups in total. The third-order valence-corrected chi connectivity index (χ3v) is 4.52. The number of para-hydroxylation sites is 1. The fourth-order valence-electron chi connectivity index (χ4n) is 2.98. The Balaban J connectivity index is 1.48. The van der Waals surface area contributed by atoms with Crippen LogP contribution in [0.4, 0.5) is 21.9 Å². The van der Waals surface area contributed by atoms with Gasteiger partial charge in [0.15, 0.2) is 0 Å². The van der Waals surface area contributed by atoms with Crippen LogP contribution in [0.3, 0.4) is 0 Å². The lowest BCUT2D eigenvalue weighted by molar-refractivity contribution is -0.384. The summed E-state index contributed by atoms with van der Waals surface area (Å²) in [5, 5.41) is 16.3. The van der Waals surface area contributed by atoms with Gasteiger partial charge in [-0.05, 0) is 37.1 Å². The van der Waals surface area contributed by atoms with E-state index in [0.29, 0.717) is 31.6 Å². The molecule has 0 aliphatic carbocycles. The fourth-order valence-corrected chi connectivity index (χ4v) is 2.98. The van der Waals surface area contributed by atoms with Gasteiger partial charge in [0, 0.05) is 42.5 Å². The molecule has 140 valence electrons. The van der Waals surface area contributed by atoms with E-state index in [4.69, 9.17) is 0 Å². The monoisotopic (exact) mass is 368 g/mol. The molecular formula is C19H20N4O4. The number of urea groups is 1. The number of anilines is 2. The third-order valence-electron chi connectivity index (χ3n) is 4.52. The number of nitro benzene ring substituents is 1. The van der Waals surface area contributed by atoms with Gasteiger partial charge in [0.1, 0.15) is 0 Å². The van der Waals surface area contributed by atoms with Crippen molar-refractivity contribution in [3.05, 3.63) is 64.7 Å². The van der Waals surface area contributed by atoms with E-state index >= 15 is 0 Å². The average Bonchev–Trinajstić information content (AvgIpc) is 2.69. The Bertz CT molecular complexity index is 815. The van der Waals surface area contributed by atoms with Crippen molar-refractivity contribution in [2.24, 2.45) is 5.92 Å². The number of hydrogen-bond donors (Lipinski definition) is 2. The van der Waals surface area contributed by atoms with Crippen molar-refractivity contribution in [1.82, 2.24) is 4.90 Å². The summed E-state index contributed by atoms with van der Waals surface area (Å²) in [6, 6.07) is 14.7. The van der Waals surface area contributed by atoms with Crippen molar-refractivity contribution in [3.63, 3.8) is 0 Å². The van der Waals surface area contributed by atoms with E-state index in [-0.39, 0.29) is 23.5 Å². The van der Waals surface area contributed by atoms with Gasteiger partial charge in [-0.1, -0.05) is 18.2 Å². The highest BCUT2D eigenvalue weighted by molar-refractivity contribution is 5.93. The van der Waals surface area contributed by atoms with E-state index in [1.54, 1.807) is 4.90 Å². The molecule has 0 unspecified atom stereocenters. The summed E-state index contributed by atoms with van der Waals surface area (Å²) < 4.78 is 0. The summed E-state index contributed by atoms with van der Waals surface area (Å²) in [4.78, 5) is 36.5. The van der Waals surface area contributed by atoms with Crippen molar-refractivity contribution in [1.29, 1.82) is 0 Å². The minimum atomic E-state index is -0.489. The first-order valence-electron chi connectivity index (χ1n) is 8.69. The first-order valence-corrected chi connectivity index (χ1v) is 8.69. The SMILES string of the molecule is O=C(Nc1ccccc1)C1CCN(C(=O)Nc2ccc([N+](=O)[O-])cc2)CC1. The van der Waals surface area contributed by atoms with Gasteiger partial charge in [0.2, 0.25) is 5.91 Å². The number of nitro groups is 1. The van der Waals surface area contributed by atoms with Crippen LogP contribution in [0, 0.1) is 16.0 Å². The molecule has 1 heterocycles. The molecule has 2 aromatic carbocycles. The van der Waals surface area contributed by atoms with E-state index in [1.165, 1.54) is 24.3 Å². The summed E-state index contributed by atoms with van der Waals surface area (Å²) in [5.41, 5.74) is 1.23. The van der Waals surface area contributed by atoms with Crippen molar-refractivity contribution < 1.29 is 14.5 Å². The maximum Gasteiger partial charge on any atom is 0.321 e. The minimum absolute atomic E-state index is 0.0294. The number of likely N-dealkylation sites (tertiary alicyclic amines) is 1. The summed E-state index contributed by atoms with van der Waals surface area (Å²) >= 11 is 0. The normalized spacial score (nSPS) is 14.4. The number of amides is 3. The molecule has 1 aliphatic rings. The molecule has 8 nitrogen and oxygen atoms in total. The maximum atomic E-state index is 12.3. The zero-order valence-electron chi connectivity index (χ0n) is 14.6. The number of non-ortho nitro benzene ring substituents is 1. The summed E-state index contributed by atoms with van der Waals surface area (Å²) in [7, 11) is 0. The Morgan fingerprint density at radius 3 is 2.11 bits per heavy atom. The summed E-state index contributed by atoms with van der Waals surface area (Å²) in [6.07, 6.45) is 1.18. The molecule has 27 heavy (non-hydrogen) atoms. The number of hydrogen-bond acceptors (Lipinski definition) is 4. The van der Waals surface area contributed by atoms with Crippen molar-refractivity contribution in [3.8, 4) is 0 Å². The first kappa shape index (κ1) is 18.4. The van der Waals surface area contributed by atoms with Gasteiger partial charge in [0.25, 0.3) is 5.69 Å². The number of rotatable bonds is 4. The number of piperidine rings is 1. The second kappa shape index (κ2) is 8.31. The lowest BCUT2D eigenvalue weighted by Gasteiger charge is -2.31. The average molecular weight is 368 g/mol. The predicted molar refractivity (Wildman–Crippen MR) is 101 cm³/mol. The van der Waals surface area contributed by atoms with Gasteiger partial charge in [-0.3, -0.25) is 14.9 Å². The summed E-state index contributed by atoms with van der Waals surface area (Å²) in [6.45, 7) is 0.956. The molecule has 1 aliphatic heterocycles. The number of carbonyl (C=O) groups excluding carboxylic acids is 2. The molecule has 3 amide bonds. The largest absolute Gasteiger partial charge is 0.326 e. The zero-order chi connectivity index (χ0) is 19.2. The molecule has 1 saturated heterocycles. The minimum Gasteiger partial charge on any atom is -0.326 e. The Morgan fingerprint density at radius 2 is 1.52 bits per heavy atom. The highest BCUT2D eigenvalue weighted by atomic mass is 16.6. The Labute approximate surface area is 156 Å². The van der Waals surface area contributed by atoms with E-state index in [9.17, 15) is 19.7 Å². The predicted octanol–water partition coefficient (Wildman–Crippen LogP) is 3.48. The zero-order valence-corrected chi connectivity index (χ0v) is 14.6. The van der Waals surface area contributed by atoms with E-state index in [1.807, 2.05) is 30.3 Å². The number of benzene rings is 2. The topological polar surface area (TPSA) is 105 Å². The molecule has 8 heteroatoms. The molecule has 0 aromatic heterocycles. The van der Waals surface area contributed by atoms with Gasteiger partial charge in [-0.2, -0.15) is 0 Å². The smallest absolute Gasteiger partial charge is 0.321 e. The van der Waals surface area contributed by atoms with Gasteiger partial charge in [0.05, 0.1) is 4.92 Å². The van der Waals surface area contributed by atoms with Crippen molar-refractivity contribution in [2.45, 2.75) is 12.8 Å². The number of nitrogens with zero attached hydrogens (tertiary/aromatic N) is 2. The van der Waals surface area contributed by atoms with Crippen LogP contribution in [0.5, 0.6) is 0 Å². The molecule has 0 saturated carbocycles. The van der Waals surface area contributed by atoms with Gasteiger partial charge in [-0.25, -0.2) is 4.79 Å². The van der Waals surface area contributed by atoms with Crippen LogP contribution in [0.25, 0.3) is 0 Å². The highest BCUT2D eigenvalue weighted by Crippen LogP contribution is 2.21. The van der Waals surface area contributed by atoms with E-state index in [2.05, 4.69) is 10.6 Å². The second-order valence-electron chi connectivity index (χ2n) is 6.35. The van der Waals surface area contributed by atoms with Crippen LogP contribution in [-0.2, 0) is 4.79 Å². The first-order chi connectivity index (χ1) is 13.0. The maximum absolute atomic E-state index is 12.3. The summed E-state index contributed by atoms with van der Waals surface area (Å²) in [5.74, 6) is -0.162. The van der Waals surface area contributed by atoms with Crippen LogP contribution in [0.15, 0.2) is 54.6 Å². The number of carbonyl (C=O) groups is 2. The molecule has 0 spiro atoms. The lowest BCUT2D eigenvalue weighted by atomic mass is 9.96. The van der Waals surface area contributed by atoms with Crippen LogP contribution >= 0.6 is 0 Å². The van der Waals surface area contributed by atoms with Gasteiger partial charge in [-0.15, -0.1) is 0 Å². The standard InChI is InChI=1S/C19H20N4O4/c24-18(20-15-4-2-1-3-5-15)14-10-12-22(13-11-14)19(25)21-16-6-8-17(9-7-16)23(26)27/h1-9,14H,10-13H2,(H,20,24)(H,21,25). The van der Waals surface area contributed by atoms with Gasteiger partial charge >= 0.3 is 6.03 Å². The molecule has 0 atom stereocenters. The molecule has 3 rings (SSSR count).